The van der Waals surface area contributed by atoms with Crippen LogP contribution in [0.25, 0.3) is 0 Å². The van der Waals surface area contributed by atoms with Gasteiger partial charge in [-0.05, 0) is 43.5 Å². The van der Waals surface area contributed by atoms with Gasteiger partial charge in [0.1, 0.15) is 5.75 Å². The van der Waals surface area contributed by atoms with Gasteiger partial charge in [-0.3, -0.25) is 4.79 Å². The molecule has 1 rings (SSSR count). The van der Waals surface area contributed by atoms with Gasteiger partial charge in [-0.25, -0.2) is 0 Å². The van der Waals surface area contributed by atoms with E-state index in [9.17, 15) is 4.79 Å². The van der Waals surface area contributed by atoms with Crippen LogP contribution >= 0.6 is 0 Å². The largest absolute Gasteiger partial charge is 0.497 e. The molecule has 1 amide bonds. The van der Waals surface area contributed by atoms with Crippen LogP contribution in [-0.4, -0.2) is 13.0 Å². The molecule has 0 aromatic heterocycles. The van der Waals surface area contributed by atoms with E-state index < -0.39 is 0 Å². The Hall–Kier alpha value is -1.51. The van der Waals surface area contributed by atoms with Crippen LogP contribution in [0, 0.1) is 19.8 Å². The molecule has 0 heterocycles. The minimum absolute atomic E-state index is 0.0518. The van der Waals surface area contributed by atoms with Crippen molar-refractivity contribution in [3.8, 4) is 5.75 Å². The van der Waals surface area contributed by atoms with Crippen molar-refractivity contribution < 1.29 is 9.53 Å². The van der Waals surface area contributed by atoms with Crippen LogP contribution in [0.15, 0.2) is 12.1 Å². The Labute approximate surface area is 110 Å². The van der Waals surface area contributed by atoms with E-state index >= 15 is 0 Å². The number of amides is 1. The number of aryl methyl sites for hydroxylation is 2. The van der Waals surface area contributed by atoms with Crippen molar-refractivity contribution in [2.45, 2.75) is 40.5 Å². The maximum atomic E-state index is 12.0. The molecule has 3 heteroatoms. The number of benzene rings is 1. The van der Waals surface area contributed by atoms with Gasteiger partial charge in [-0.15, -0.1) is 0 Å². The van der Waals surface area contributed by atoms with Gasteiger partial charge < -0.3 is 10.1 Å². The molecular weight excluding hydrogens is 226 g/mol. The lowest BCUT2D eigenvalue weighted by Gasteiger charge is -2.16. The van der Waals surface area contributed by atoms with Gasteiger partial charge in [0.2, 0.25) is 5.91 Å². The number of carbonyl (C=O) groups is 1. The topological polar surface area (TPSA) is 38.3 Å². The molecule has 1 atom stereocenters. The van der Waals surface area contributed by atoms with E-state index in [-0.39, 0.29) is 11.8 Å². The summed E-state index contributed by atoms with van der Waals surface area (Å²) in [6, 6.07) is 3.88. The molecule has 100 valence electrons. The average molecular weight is 249 g/mol. The number of ether oxygens (including phenoxy) is 1. The van der Waals surface area contributed by atoms with Gasteiger partial charge in [0, 0.05) is 11.6 Å². The highest BCUT2D eigenvalue weighted by Crippen LogP contribution is 2.26. The van der Waals surface area contributed by atoms with Crippen LogP contribution in [0.3, 0.4) is 0 Å². The lowest BCUT2D eigenvalue weighted by atomic mass is 10.0. The zero-order chi connectivity index (χ0) is 13.7. The Bertz CT molecular complexity index is 403. The number of hydrogen-bond acceptors (Lipinski definition) is 2. The first-order valence-corrected chi connectivity index (χ1v) is 6.45. The molecule has 1 unspecified atom stereocenters. The van der Waals surface area contributed by atoms with Crippen LogP contribution < -0.4 is 10.1 Å². The van der Waals surface area contributed by atoms with Crippen LogP contribution in [0.2, 0.25) is 0 Å². The molecule has 0 spiro atoms. The summed E-state index contributed by atoms with van der Waals surface area (Å²) in [4.78, 5) is 12.0. The monoisotopic (exact) mass is 249 g/mol. The zero-order valence-electron chi connectivity index (χ0n) is 12.0. The van der Waals surface area contributed by atoms with Crippen LogP contribution in [0.5, 0.6) is 5.75 Å². The van der Waals surface area contributed by atoms with Crippen LogP contribution in [-0.2, 0) is 4.79 Å². The maximum Gasteiger partial charge on any atom is 0.227 e. The van der Waals surface area contributed by atoms with Crippen molar-refractivity contribution >= 4 is 11.6 Å². The third-order valence-corrected chi connectivity index (χ3v) is 3.16. The smallest absolute Gasteiger partial charge is 0.227 e. The third-order valence-electron chi connectivity index (χ3n) is 3.16. The lowest BCUT2D eigenvalue weighted by molar-refractivity contribution is -0.119. The number of methoxy groups -OCH3 is 1. The van der Waals surface area contributed by atoms with E-state index in [1.807, 2.05) is 32.9 Å². The number of carbonyl (C=O) groups excluding carboxylic acids is 1. The highest BCUT2D eigenvalue weighted by Gasteiger charge is 2.14. The SMILES string of the molecule is CCCC(C)C(=O)Nc1c(C)cc(OC)cc1C. The van der Waals surface area contributed by atoms with E-state index in [1.165, 1.54) is 0 Å². The van der Waals surface area contributed by atoms with E-state index in [4.69, 9.17) is 4.74 Å². The molecular formula is C15H23NO2. The predicted molar refractivity (Wildman–Crippen MR) is 75.2 cm³/mol. The normalized spacial score (nSPS) is 12.1. The Kier molecular flexibility index (Phi) is 5.20. The summed E-state index contributed by atoms with van der Waals surface area (Å²) in [5, 5.41) is 3.02. The second-order valence-electron chi connectivity index (χ2n) is 4.82. The second kappa shape index (κ2) is 6.43. The summed E-state index contributed by atoms with van der Waals surface area (Å²) in [6.45, 7) is 8.02. The molecule has 3 nitrogen and oxygen atoms in total. The van der Waals surface area contributed by atoms with E-state index in [1.54, 1.807) is 7.11 Å². The predicted octanol–water partition coefficient (Wildman–Crippen LogP) is 3.69. The van der Waals surface area contributed by atoms with Gasteiger partial charge in [0.05, 0.1) is 7.11 Å². The molecule has 0 aliphatic rings. The lowest BCUT2D eigenvalue weighted by Crippen LogP contribution is -2.21. The third kappa shape index (κ3) is 3.49. The second-order valence-corrected chi connectivity index (χ2v) is 4.82. The molecule has 0 aliphatic heterocycles. The first-order valence-electron chi connectivity index (χ1n) is 6.45. The van der Waals surface area contributed by atoms with Gasteiger partial charge >= 0.3 is 0 Å². The number of anilines is 1. The van der Waals surface area contributed by atoms with E-state index in [2.05, 4.69) is 12.2 Å². The van der Waals surface area contributed by atoms with Crippen molar-refractivity contribution in [2.24, 2.45) is 5.92 Å². The Morgan fingerprint density at radius 1 is 1.33 bits per heavy atom. The quantitative estimate of drug-likeness (QED) is 0.864. The molecule has 1 aromatic carbocycles. The molecule has 0 radical (unpaired) electrons. The molecule has 1 N–H and O–H groups in total. The van der Waals surface area contributed by atoms with E-state index in [0.29, 0.717) is 0 Å². The minimum atomic E-state index is 0.0518. The highest BCUT2D eigenvalue weighted by atomic mass is 16.5. The molecule has 18 heavy (non-hydrogen) atoms. The van der Waals surface area contributed by atoms with Crippen molar-refractivity contribution in [1.82, 2.24) is 0 Å². The number of hydrogen-bond donors (Lipinski definition) is 1. The Morgan fingerprint density at radius 3 is 2.33 bits per heavy atom. The molecule has 0 aliphatic carbocycles. The maximum absolute atomic E-state index is 12.0. The standard InChI is InChI=1S/C15H23NO2/c1-6-7-10(2)15(17)16-14-11(3)8-13(18-5)9-12(14)4/h8-10H,6-7H2,1-5H3,(H,16,17). The summed E-state index contributed by atoms with van der Waals surface area (Å²) in [6.07, 6.45) is 1.94. The molecule has 1 aromatic rings. The van der Waals surface area contributed by atoms with Crippen molar-refractivity contribution in [1.29, 1.82) is 0 Å². The van der Waals surface area contributed by atoms with Gasteiger partial charge in [-0.2, -0.15) is 0 Å². The highest BCUT2D eigenvalue weighted by molar-refractivity contribution is 5.93. The summed E-state index contributed by atoms with van der Waals surface area (Å²) in [7, 11) is 1.65. The molecule has 0 fully saturated rings. The fraction of sp³-hybridized carbons (Fsp3) is 0.533. The molecule has 0 bridgehead atoms. The minimum Gasteiger partial charge on any atom is -0.497 e. The van der Waals surface area contributed by atoms with Crippen molar-refractivity contribution in [2.75, 3.05) is 12.4 Å². The number of rotatable bonds is 5. The van der Waals surface area contributed by atoms with Gasteiger partial charge in [-0.1, -0.05) is 20.3 Å². The van der Waals surface area contributed by atoms with Crippen LogP contribution in [0.4, 0.5) is 5.69 Å². The van der Waals surface area contributed by atoms with Gasteiger partial charge in [0.25, 0.3) is 0 Å². The number of nitrogens with one attached hydrogen (secondary N) is 1. The Balaban J connectivity index is 2.88. The Morgan fingerprint density at radius 2 is 1.89 bits per heavy atom. The summed E-state index contributed by atoms with van der Waals surface area (Å²) in [5.74, 6) is 0.966. The first kappa shape index (κ1) is 14.6. The van der Waals surface area contributed by atoms with Crippen LogP contribution in [0.1, 0.15) is 37.8 Å². The van der Waals surface area contributed by atoms with Crippen molar-refractivity contribution in [3.63, 3.8) is 0 Å². The summed E-state index contributed by atoms with van der Waals surface area (Å²) in [5.41, 5.74) is 2.97. The van der Waals surface area contributed by atoms with E-state index in [0.717, 1.165) is 35.4 Å². The zero-order valence-corrected chi connectivity index (χ0v) is 12.0. The fourth-order valence-electron chi connectivity index (χ4n) is 2.05. The fourth-order valence-corrected chi connectivity index (χ4v) is 2.05. The summed E-state index contributed by atoms with van der Waals surface area (Å²) >= 11 is 0. The van der Waals surface area contributed by atoms with Crippen molar-refractivity contribution in [3.05, 3.63) is 23.3 Å². The van der Waals surface area contributed by atoms with Gasteiger partial charge in [0.15, 0.2) is 0 Å². The molecule has 0 saturated heterocycles. The average Bonchev–Trinajstić information content (AvgIpc) is 2.33. The first-order chi connectivity index (χ1) is 8.49. The molecule has 0 saturated carbocycles. The summed E-state index contributed by atoms with van der Waals surface area (Å²) < 4.78 is 5.21.